The number of anilines is 1. The lowest BCUT2D eigenvalue weighted by Crippen LogP contribution is -2.42. The number of fused-ring (bicyclic) bond motifs is 1. The van der Waals surface area contributed by atoms with E-state index in [2.05, 4.69) is 41.1 Å². The molecule has 0 spiro atoms. The van der Waals surface area contributed by atoms with Crippen molar-refractivity contribution in [2.45, 2.75) is 64.0 Å². The van der Waals surface area contributed by atoms with Crippen LogP contribution in [0.5, 0.6) is 0 Å². The summed E-state index contributed by atoms with van der Waals surface area (Å²) in [6.45, 7) is 5.39. The lowest BCUT2D eigenvalue weighted by Gasteiger charge is -2.34. The molecule has 1 fully saturated rings. The summed E-state index contributed by atoms with van der Waals surface area (Å²) >= 11 is 1.66. The predicted molar refractivity (Wildman–Crippen MR) is 166 cm³/mol. The van der Waals surface area contributed by atoms with Gasteiger partial charge in [0.2, 0.25) is 11.8 Å². The lowest BCUT2D eigenvalue weighted by molar-refractivity contribution is -0.132. The fraction of sp³-hybridized carbons (Fsp3) is 0.500. The van der Waals surface area contributed by atoms with Crippen molar-refractivity contribution < 1.29 is 14.3 Å². The van der Waals surface area contributed by atoms with E-state index in [0.29, 0.717) is 25.2 Å². The molecule has 2 amide bonds. The number of benzene rings is 2. The van der Waals surface area contributed by atoms with Crippen LogP contribution in [0, 0.1) is 6.92 Å². The van der Waals surface area contributed by atoms with E-state index in [1.54, 1.807) is 18.9 Å². The Kier molecular flexibility index (Phi) is 11.1. The molecular formula is C32H44N4O3S. The van der Waals surface area contributed by atoms with Crippen LogP contribution in [-0.4, -0.2) is 66.1 Å². The molecular weight excluding hydrogens is 520 g/mol. The van der Waals surface area contributed by atoms with Crippen molar-refractivity contribution in [3.63, 3.8) is 0 Å². The summed E-state index contributed by atoms with van der Waals surface area (Å²) in [7, 11) is 1.75. The molecule has 0 bridgehead atoms. The Morgan fingerprint density at radius 1 is 1.18 bits per heavy atom. The number of hydrogen-bond donors (Lipinski definition) is 2. The maximum absolute atomic E-state index is 13.4. The van der Waals surface area contributed by atoms with Gasteiger partial charge in [0.05, 0.1) is 0 Å². The van der Waals surface area contributed by atoms with E-state index >= 15 is 0 Å². The topological polar surface area (TPSA) is 89.6 Å². The highest BCUT2D eigenvalue weighted by Crippen LogP contribution is 2.36. The molecule has 2 atom stereocenters. The minimum absolute atomic E-state index is 0.0229. The highest BCUT2D eigenvalue weighted by Gasteiger charge is 2.29. The summed E-state index contributed by atoms with van der Waals surface area (Å²) in [4.78, 5) is 27.4. The second-order valence-electron chi connectivity index (χ2n) is 10.9. The number of para-hydroxylation sites is 1. The number of piperidine rings is 1. The first-order valence-corrected chi connectivity index (χ1v) is 15.8. The van der Waals surface area contributed by atoms with E-state index in [1.807, 2.05) is 35.4 Å². The summed E-state index contributed by atoms with van der Waals surface area (Å²) in [6, 6.07) is 16.1. The number of nitrogens with two attached hydrogens (primary N) is 1. The van der Waals surface area contributed by atoms with Gasteiger partial charge < -0.3 is 25.3 Å². The monoisotopic (exact) mass is 564 g/mol. The number of amides is 2. The number of thioether (sulfide) groups is 1. The van der Waals surface area contributed by atoms with Crippen molar-refractivity contribution in [2.24, 2.45) is 5.73 Å². The van der Waals surface area contributed by atoms with Gasteiger partial charge in [-0.15, -0.1) is 0 Å². The van der Waals surface area contributed by atoms with Gasteiger partial charge in [-0.05, 0) is 68.2 Å². The molecule has 2 heterocycles. The number of ether oxygens (including phenoxy) is 1. The first-order chi connectivity index (χ1) is 19.4. The zero-order valence-electron chi connectivity index (χ0n) is 24.2. The van der Waals surface area contributed by atoms with Crippen LogP contribution in [0.15, 0.2) is 48.5 Å². The molecule has 1 aliphatic rings. The van der Waals surface area contributed by atoms with Crippen LogP contribution in [0.1, 0.15) is 54.8 Å². The van der Waals surface area contributed by atoms with Gasteiger partial charge in [0.1, 0.15) is 0 Å². The Labute approximate surface area is 242 Å². The zero-order chi connectivity index (χ0) is 28.5. The largest absolute Gasteiger partial charge is 0.385 e. The third kappa shape index (κ3) is 7.68. The highest BCUT2D eigenvalue weighted by atomic mass is 32.2. The molecule has 1 aromatic heterocycles. The van der Waals surface area contributed by atoms with Gasteiger partial charge in [-0.25, -0.2) is 0 Å². The molecule has 1 saturated heterocycles. The zero-order valence-corrected chi connectivity index (χ0v) is 25.0. The fourth-order valence-electron chi connectivity index (χ4n) is 5.93. The number of nitrogens with zero attached hydrogens (tertiary/aromatic N) is 2. The van der Waals surface area contributed by atoms with Crippen LogP contribution < -0.4 is 11.1 Å². The number of nitrogens with one attached hydrogen (secondary N) is 1. The quantitative estimate of drug-likeness (QED) is 0.274. The van der Waals surface area contributed by atoms with Crippen LogP contribution in [0.2, 0.25) is 0 Å². The molecule has 8 heteroatoms. The molecule has 1 unspecified atom stereocenters. The summed E-state index contributed by atoms with van der Waals surface area (Å²) in [6.07, 6.45) is 6.48. The number of carbonyl (C=O) groups excluding carboxylic acids is 2. The van der Waals surface area contributed by atoms with Gasteiger partial charge in [-0.3, -0.25) is 9.59 Å². The highest BCUT2D eigenvalue weighted by molar-refractivity contribution is 7.98. The maximum atomic E-state index is 13.4. The smallest absolute Gasteiger partial charge is 0.225 e. The van der Waals surface area contributed by atoms with Gasteiger partial charge >= 0.3 is 0 Å². The summed E-state index contributed by atoms with van der Waals surface area (Å²) in [5.41, 5.74) is 12.3. The van der Waals surface area contributed by atoms with E-state index in [1.165, 1.54) is 22.2 Å². The van der Waals surface area contributed by atoms with E-state index in [4.69, 9.17) is 10.5 Å². The maximum Gasteiger partial charge on any atom is 0.225 e. The fourth-order valence-corrected chi connectivity index (χ4v) is 6.32. The molecule has 40 heavy (non-hydrogen) atoms. The number of carbonyl (C=O) groups is 2. The lowest BCUT2D eigenvalue weighted by atomic mass is 9.91. The van der Waals surface area contributed by atoms with Crippen LogP contribution >= 0.6 is 11.8 Å². The number of likely N-dealkylation sites (tertiary alicyclic amines) is 1. The van der Waals surface area contributed by atoms with E-state index in [-0.39, 0.29) is 17.9 Å². The first kappa shape index (κ1) is 30.2. The van der Waals surface area contributed by atoms with Crippen molar-refractivity contribution in [3.8, 4) is 0 Å². The van der Waals surface area contributed by atoms with Gasteiger partial charge in [-0.2, -0.15) is 11.8 Å². The number of aromatic nitrogens is 1. The van der Waals surface area contributed by atoms with Gasteiger partial charge in [0.25, 0.3) is 0 Å². The number of hydrogen-bond acceptors (Lipinski definition) is 5. The Balaban J connectivity index is 1.37. The molecule has 7 nitrogen and oxygen atoms in total. The van der Waals surface area contributed by atoms with E-state index < -0.39 is 0 Å². The summed E-state index contributed by atoms with van der Waals surface area (Å²) in [5, 5.41) is 4.23. The first-order valence-electron chi connectivity index (χ1n) is 14.4. The average molecular weight is 565 g/mol. The van der Waals surface area contributed by atoms with E-state index in [0.717, 1.165) is 62.5 Å². The minimum atomic E-state index is -0.253. The third-order valence-corrected chi connectivity index (χ3v) is 8.48. The van der Waals surface area contributed by atoms with Gasteiger partial charge in [0.15, 0.2) is 0 Å². The molecule has 1 aliphatic heterocycles. The average Bonchev–Trinajstić information content (AvgIpc) is 3.24. The molecule has 2 aromatic carbocycles. The van der Waals surface area contributed by atoms with Crippen molar-refractivity contribution >= 4 is 40.2 Å². The summed E-state index contributed by atoms with van der Waals surface area (Å²) < 4.78 is 7.80. The normalized spacial score (nSPS) is 16.3. The van der Waals surface area contributed by atoms with Crippen LogP contribution in [0.3, 0.4) is 0 Å². The second kappa shape index (κ2) is 14.7. The van der Waals surface area contributed by atoms with E-state index in [9.17, 15) is 9.59 Å². The number of aryl methyl sites for hydroxylation is 2. The second-order valence-corrected chi connectivity index (χ2v) is 11.8. The Bertz CT molecular complexity index is 1270. The molecule has 0 saturated carbocycles. The van der Waals surface area contributed by atoms with Crippen LogP contribution in [0.25, 0.3) is 10.9 Å². The molecule has 216 valence electrons. The molecule has 0 aliphatic carbocycles. The Morgan fingerprint density at radius 3 is 2.70 bits per heavy atom. The van der Waals surface area contributed by atoms with Crippen molar-refractivity contribution in [2.75, 3.05) is 44.1 Å². The van der Waals surface area contributed by atoms with Crippen molar-refractivity contribution in [3.05, 3.63) is 65.4 Å². The Morgan fingerprint density at radius 2 is 1.95 bits per heavy atom. The molecule has 4 rings (SSSR count). The van der Waals surface area contributed by atoms with Crippen LogP contribution in [-0.2, 0) is 27.3 Å². The number of rotatable bonds is 13. The predicted octanol–water partition coefficient (Wildman–Crippen LogP) is 5.34. The Hall–Kier alpha value is -2.81. The minimum Gasteiger partial charge on any atom is -0.385 e. The molecule has 0 radical (unpaired) electrons. The van der Waals surface area contributed by atoms with Crippen LogP contribution in [0.4, 0.5) is 5.69 Å². The van der Waals surface area contributed by atoms with Crippen molar-refractivity contribution in [1.82, 2.24) is 9.47 Å². The SMILES string of the molecule is COCCCn1c(C2CCCN(C(=O)C[C@H](N)Cc3ccc(NC(=O)CCSC)cc3)C2)c(C)c2ccccc21. The number of methoxy groups -OCH3 is 1. The molecule has 3 N–H and O–H groups in total. The molecule has 3 aromatic rings. The van der Waals surface area contributed by atoms with Gasteiger partial charge in [0, 0.05) is 86.2 Å². The van der Waals surface area contributed by atoms with Crippen molar-refractivity contribution in [1.29, 1.82) is 0 Å². The standard InChI is InChI=1S/C32H44N4O3S/c1-23-28-9-4-5-10-29(28)36(17-7-18-39-2)32(23)25-8-6-16-35(22-25)31(38)21-26(33)20-24-11-13-27(14-12-24)34-30(37)15-19-40-3/h4-5,9-14,25-26H,6-8,15-22,33H2,1-3H3,(H,34,37)/t25?,26-/m1/s1. The van der Waals surface area contributed by atoms with Gasteiger partial charge in [-0.1, -0.05) is 30.3 Å². The summed E-state index contributed by atoms with van der Waals surface area (Å²) in [5.74, 6) is 1.27. The third-order valence-electron chi connectivity index (χ3n) is 7.87.